The third-order valence-corrected chi connectivity index (χ3v) is 2.29. The van der Waals surface area contributed by atoms with Crippen LogP contribution in [0.25, 0.3) is 0 Å². The van der Waals surface area contributed by atoms with E-state index in [1.807, 2.05) is 13.8 Å². The minimum Gasteiger partial charge on any atom is -0.353 e. The Morgan fingerprint density at radius 1 is 1.75 bits per heavy atom. The molecule has 1 rings (SSSR count). The van der Waals surface area contributed by atoms with Gasteiger partial charge in [0.1, 0.15) is 6.29 Å². The van der Waals surface area contributed by atoms with Gasteiger partial charge in [-0.1, -0.05) is 6.92 Å². The lowest BCUT2D eigenvalue weighted by atomic mass is 9.94. The predicted octanol–water partition coefficient (Wildman–Crippen LogP) is 0.736. The van der Waals surface area contributed by atoms with Gasteiger partial charge < -0.3 is 10.1 Å². The minimum atomic E-state index is 0.00560. The Morgan fingerprint density at radius 3 is 2.83 bits per heavy atom. The molecule has 0 aromatic carbocycles. The number of carbonyl (C=O) groups is 2. The van der Waals surface area contributed by atoms with E-state index >= 15 is 0 Å². The lowest BCUT2D eigenvalue weighted by Crippen LogP contribution is -2.24. The van der Waals surface area contributed by atoms with Crippen molar-refractivity contribution >= 4 is 12.2 Å². The van der Waals surface area contributed by atoms with Crippen LogP contribution in [-0.4, -0.2) is 18.2 Å². The highest BCUT2D eigenvalue weighted by molar-refractivity contribution is 5.81. The number of rotatable bonds is 3. The van der Waals surface area contributed by atoms with Crippen LogP contribution in [0.2, 0.25) is 0 Å². The molecule has 1 heterocycles. The molecule has 0 spiro atoms. The molecule has 0 aromatic heterocycles. The summed E-state index contributed by atoms with van der Waals surface area (Å²) in [4.78, 5) is 21.6. The molecule has 3 atom stereocenters. The zero-order chi connectivity index (χ0) is 9.14. The van der Waals surface area contributed by atoms with Gasteiger partial charge in [0.2, 0.25) is 5.91 Å². The molecule has 1 saturated heterocycles. The molecule has 0 aliphatic carbocycles. The summed E-state index contributed by atoms with van der Waals surface area (Å²) in [5.74, 6) is 0.169. The third kappa shape index (κ3) is 2.06. The Bertz CT molecular complexity index is 191. The topological polar surface area (TPSA) is 46.2 Å². The average molecular weight is 169 g/mol. The first-order valence-electron chi connectivity index (χ1n) is 4.39. The molecule has 1 aliphatic heterocycles. The van der Waals surface area contributed by atoms with E-state index in [1.165, 1.54) is 0 Å². The van der Waals surface area contributed by atoms with Crippen LogP contribution < -0.4 is 5.32 Å². The van der Waals surface area contributed by atoms with Gasteiger partial charge in [-0.2, -0.15) is 0 Å². The molecule has 1 N–H and O–H groups in total. The molecule has 0 saturated carbocycles. The van der Waals surface area contributed by atoms with Crippen molar-refractivity contribution in [1.29, 1.82) is 0 Å². The van der Waals surface area contributed by atoms with Crippen LogP contribution in [0.4, 0.5) is 0 Å². The fourth-order valence-corrected chi connectivity index (χ4v) is 1.66. The fourth-order valence-electron chi connectivity index (χ4n) is 1.66. The Balaban J connectivity index is 2.42. The lowest BCUT2D eigenvalue weighted by molar-refractivity contribution is -0.123. The zero-order valence-corrected chi connectivity index (χ0v) is 7.54. The average Bonchev–Trinajstić information content (AvgIpc) is 2.30. The van der Waals surface area contributed by atoms with Crippen LogP contribution in [0, 0.1) is 11.8 Å². The number of nitrogens with one attached hydrogen (secondary N) is 1. The second-order valence-electron chi connectivity index (χ2n) is 3.69. The van der Waals surface area contributed by atoms with Crippen LogP contribution in [0.1, 0.15) is 26.7 Å². The van der Waals surface area contributed by atoms with Crippen molar-refractivity contribution in [3.63, 3.8) is 0 Å². The number of hydrogen-bond acceptors (Lipinski definition) is 2. The standard InChI is InChI=1S/C9H15NO2/c1-6(5-11)3-8-4-7(2)10-9(8)12/h5-8H,3-4H2,1-2H3,(H,10,12)/t6-,7+,8+/m0/s1. The highest BCUT2D eigenvalue weighted by Crippen LogP contribution is 2.21. The van der Waals surface area contributed by atoms with Gasteiger partial charge in [0.15, 0.2) is 0 Å². The summed E-state index contributed by atoms with van der Waals surface area (Å²) in [6.45, 7) is 3.84. The second kappa shape index (κ2) is 3.70. The van der Waals surface area contributed by atoms with Crippen molar-refractivity contribution in [1.82, 2.24) is 5.32 Å². The first-order valence-corrected chi connectivity index (χ1v) is 4.39. The molecule has 1 aliphatic rings. The number of aldehydes is 1. The monoisotopic (exact) mass is 169 g/mol. The van der Waals surface area contributed by atoms with Gasteiger partial charge in [0.25, 0.3) is 0 Å². The minimum absolute atomic E-state index is 0.00560. The third-order valence-electron chi connectivity index (χ3n) is 2.29. The Labute approximate surface area is 72.5 Å². The molecule has 1 fully saturated rings. The van der Waals surface area contributed by atoms with E-state index in [2.05, 4.69) is 5.32 Å². The molecule has 0 unspecified atom stereocenters. The van der Waals surface area contributed by atoms with Crippen molar-refractivity contribution in [2.75, 3.05) is 0 Å². The van der Waals surface area contributed by atoms with Crippen LogP contribution in [0.15, 0.2) is 0 Å². The summed E-state index contributed by atoms with van der Waals surface area (Å²) in [7, 11) is 0. The van der Waals surface area contributed by atoms with Crippen molar-refractivity contribution < 1.29 is 9.59 Å². The van der Waals surface area contributed by atoms with Crippen LogP contribution in [0.3, 0.4) is 0 Å². The predicted molar refractivity (Wildman–Crippen MR) is 45.6 cm³/mol. The van der Waals surface area contributed by atoms with Gasteiger partial charge >= 0.3 is 0 Å². The highest BCUT2D eigenvalue weighted by atomic mass is 16.2. The SMILES string of the molecule is C[C@H](C=O)C[C@@H]1C[C@@H](C)NC1=O. The lowest BCUT2D eigenvalue weighted by Gasteiger charge is -2.07. The Kier molecular flexibility index (Phi) is 2.84. The quantitative estimate of drug-likeness (QED) is 0.633. The van der Waals surface area contributed by atoms with E-state index in [9.17, 15) is 9.59 Å². The van der Waals surface area contributed by atoms with E-state index in [-0.39, 0.29) is 23.8 Å². The summed E-state index contributed by atoms with van der Waals surface area (Å²) >= 11 is 0. The first kappa shape index (κ1) is 9.23. The Hall–Kier alpha value is -0.860. The fraction of sp³-hybridized carbons (Fsp3) is 0.778. The number of amides is 1. The van der Waals surface area contributed by atoms with Crippen LogP contribution in [-0.2, 0) is 9.59 Å². The maximum Gasteiger partial charge on any atom is 0.223 e. The van der Waals surface area contributed by atoms with Gasteiger partial charge in [-0.3, -0.25) is 4.79 Å². The molecule has 3 nitrogen and oxygen atoms in total. The molecule has 0 radical (unpaired) electrons. The van der Waals surface area contributed by atoms with Gasteiger partial charge in [-0.05, 0) is 19.8 Å². The van der Waals surface area contributed by atoms with Crippen LogP contribution in [0.5, 0.6) is 0 Å². The van der Waals surface area contributed by atoms with E-state index in [0.717, 1.165) is 12.7 Å². The van der Waals surface area contributed by atoms with E-state index in [0.29, 0.717) is 6.42 Å². The van der Waals surface area contributed by atoms with E-state index in [4.69, 9.17) is 0 Å². The maximum atomic E-state index is 11.2. The number of carbonyl (C=O) groups excluding carboxylic acids is 2. The van der Waals surface area contributed by atoms with Crippen molar-refractivity contribution in [3.8, 4) is 0 Å². The molecule has 68 valence electrons. The Morgan fingerprint density at radius 2 is 2.42 bits per heavy atom. The summed E-state index contributed by atoms with van der Waals surface area (Å²) in [6, 6.07) is 0.279. The molecular weight excluding hydrogens is 154 g/mol. The molecular formula is C9H15NO2. The van der Waals surface area contributed by atoms with Gasteiger partial charge in [0, 0.05) is 17.9 Å². The van der Waals surface area contributed by atoms with Gasteiger partial charge in [-0.15, -0.1) is 0 Å². The van der Waals surface area contributed by atoms with Crippen molar-refractivity contribution in [2.45, 2.75) is 32.7 Å². The van der Waals surface area contributed by atoms with Crippen molar-refractivity contribution in [2.24, 2.45) is 11.8 Å². The first-order chi connectivity index (χ1) is 5.63. The largest absolute Gasteiger partial charge is 0.353 e. The van der Waals surface area contributed by atoms with E-state index < -0.39 is 0 Å². The molecule has 1 amide bonds. The molecule has 3 heteroatoms. The van der Waals surface area contributed by atoms with E-state index in [1.54, 1.807) is 0 Å². The molecule has 0 bridgehead atoms. The summed E-state index contributed by atoms with van der Waals surface area (Å²) in [6.07, 6.45) is 2.48. The molecule has 12 heavy (non-hydrogen) atoms. The van der Waals surface area contributed by atoms with Crippen LogP contribution >= 0.6 is 0 Å². The van der Waals surface area contributed by atoms with Crippen molar-refractivity contribution in [3.05, 3.63) is 0 Å². The zero-order valence-electron chi connectivity index (χ0n) is 7.54. The van der Waals surface area contributed by atoms with Gasteiger partial charge in [-0.25, -0.2) is 0 Å². The summed E-state index contributed by atoms with van der Waals surface area (Å²) < 4.78 is 0. The summed E-state index contributed by atoms with van der Waals surface area (Å²) in [5, 5.41) is 2.84. The van der Waals surface area contributed by atoms with Gasteiger partial charge in [0.05, 0.1) is 0 Å². The second-order valence-corrected chi connectivity index (χ2v) is 3.69. The normalized spacial score (nSPS) is 31.3. The smallest absolute Gasteiger partial charge is 0.223 e. The molecule has 0 aromatic rings. The maximum absolute atomic E-state index is 11.2. The number of hydrogen-bond donors (Lipinski definition) is 1. The summed E-state index contributed by atoms with van der Waals surface area (Å²) in [5.41, 5.74) is 0. The highest BCUT2D eigenvalue weighted by Gasteiger charge is 2.29.